The van der Waals surface area contributed by atoms with Crippen LogP contribution >= 0.6 is 0 Å². The molecule has 0 unspecified atom stereocenters. The molecule has 0 aliphatic rings. The molecule has 1 rings (SSSR count). The van der Waals surface area contributed by atoms with Gasteiger partial charge in [0.15, 0.2) is 0 Å². The molecule has 0 radical (unpaired) electrons. The molecular formula is C9H11NO. The Bertz CT molecular complexity index is 268. The van der Waals surface area contributed by atoms with Crippen LogP contribution in [0.2, 0.25) is 0 Å². The molecule has 0 atom stereocenters. The standard InChI is InChI=1S/C9H11NO/c1-7-2-3-9(11)8(6-7)4-5-10/h2-3,5-6,10-11H,4H2,1H3. The van der Waals surface area contributed by atoms with Crippen molar-refractivity contribution in [2.24, 2.45) is 0 Å². The molecule has 0 bridgehead atoms. The van der Waals surface area contributed by atoms with E-state index in [2.05, 4.69) is 0 Å². The first-order chi connectivity index (χ1) is 5.24. The Kier molecular flexibility index (Phi) is 2.26. The fraction of sp³-hybridized carbons (Fsp3) is 0.222. The monoisotopic (exact) mass is 149 g/mol. The van der Waals surface area contributed by atoms with Gasteiger partial charge < -0.3 is 10.5 Å². The Balaban J connectivity index is 3.01. The predicted molar refractivity (Wildman–Crippen MR) is 45.3 cm³/mol. The van der Waals surface area contributed by atoms with Gasteiger partial charge in [-0.3, -0.25) is 0 Å². The molecule has 0 aliphatic carbocycles. The molecule has 0 saturated heterocycles. The van der Waals surface area contributed by atoms with E-state index >= 15 is 0 Å². The molecule has 0 amide bonds. The molecule has 0 fully saturated rings. The molecule has 2 nitrogen and oxygen atoms in total. The highest BCUT2D eigenvalue weighted by molar-refractivity contribution is 5.60. The summed E-state index contributed by atoms with van der Waals surface area (Å²) in [6.07, 6.45) is 1.79. The van der Waals surface area contributed by atoms with Crippen molar-refractivity contribution in [1.82, 2.24) is 0 Å². The summed E-state index contributed by atoms with van der Waals surface area (Å²) in [6, 6.07) is 5.40. The van der Waals surface area contributed by atoms with E-state index in [1.54, 1.807) is 6.07 Å². The number of hydrogen-bond donors (Lipinski definition) is 2. The first-order valence-corrected chi connectivity index (χ1v) is 3.51. The molecular weight excluding hydrogens is 138 g/mol. The van der Waals surface area contributed by atoms with Gasteiger partial charge in [-0.15, -0.1) is 0 Å². The van der Waals surface area contributed by atoms with Gasteiger partial charge >= 0.3 is 0 Å². The maximum Gasteiger partial charge on any atom is 0.119 e. The third kappa shape index (κ3) is 1.80. The molecule has 2 heteroatoms. The lowest BCUT2D eigenvalue weighted by Gasteiger charge is -2.01. The number of aryl methyl sites for hydroxylation is 1. The molecule has 0 spiro atoms. The summed E-state index contributed by atoms with van der Waals surface area (Å²) < 4.78 is 0. The molecule has 58 valence electrons. The third-order valence-corrected chi connectivity index (χ3v) is 1.56. The number of phenols is 1. The van der Waals surface area contributed by atoms with Crippen LogP contribution in [0.4, 0.5) is 0 Å². The van der Waals surface area contributed by atoms with Gasteiger partial charge in [-0.05, 0) is 24.8 Å². The van der Waals surface area contributed by atoms with Gasteiger partial charge in [0.25, 0.3) is 0 Å². The van der Waals surface area contributed by atoms with Crippen molar-refractivity contribution in [3.05, 3.63) is 29.3 Å². The van der Waals surface area contributed by atoms with E-state index < -0.39 is 0 Å². The molecule has 2 N–H and O–H groups in total. The summed E-state index contributed by atoms with van der Waals surface area (Å²) in [5, 5.41) is 16.1. The van der Waals surface area contributed by atoms with Crippen LogP contribution in [0.25, 0.3) is 0 Å². The second-order valence-corrected chi connectivity index (χ2v) is 2.54. The van der Waals surface area contributed by atoms with E-state index in [4.69, 9.17) is 5.41 Å². The first kappa shape index (κ1) is 7.79. The minimum absolute atomic E-state index is 0.277. The van der Waals surface area contributed by atoms with E-state index in [1.807, 2.05) is 19.1 Å². The van der Waals surface area contributed by atoms with E-state index in [9.17, 15) is 5.11 Å². The van der Waals surface area contributed by atoms with Crippen LogP contribution in [0.1, 0.15) is 11.1 Å². The van der Waals surface area contributed by atoms with E-state index in [1.165, 1.54) is 6.21 Å². The Labute approximate surface area is 66.0 Å². The van der Waals surface area contributed by atoms with Crippen LogP contribution in [-0.2, 0) is 6.42 Å². The smallest absolute Gasteiger partial charge is 0.119 e. The Morgan fingerprint density at radius 3 is 2.91 bits per heavy atom. The lowest BCUT2D eigenvalue weighted by Crippen LogP contribution is -1.86. The fourth-order valence-corrected chi connectivity index (χ4v) is 0.988. The number of benzene rings is 1. The van der Waals surface area contributed by atoms with E-state index in [0.717, 1.165) is 11.1 Å². The second-order valence-electron chi connectivity index (χ2n) is 2.54. The van der Waals surface area contributed by atoms with Crippen LogP contribution in [-0.4, -0.2) is 11.3 Å². The lowest BCUT2D eigenvalue weighted by atomic mass is 10.1. The zero-order chi connectivity index (χ0) is 8.27. The van der Waals surface area contributed by atoms with Gasteiger partial charge in [0.2, 0.25) is 0 Å². The van der Waals surface area contributed by atoms with E-state index in [-0.39, 0.29) is 5.75 Å². The molecule has 1 aromatic rings. The topological polar surface area (TPSA) is 44.1 Å². The summed E-state index contributed by atoms with van der Waals surface area (Å²) in [4.78, 5) is 0. The van der Waals surface area contributed by atoms with Crippen LogP contribution < -0.4 is 0 Å². The van der Waals surface area contributed by atoms with Gasteiger partial charge in [0.1, 0.15) is 5.75 Å². The number of aromatic hydroxyl groups is 1. The van der Waals surface area contributed by atoms with Crippen LogP contribution in [0.15, 0.2) is 18.2 Å². The van der Waals surface area contributed by atoms with Crippen molar-refractivity contribution >= 4 is 6.21 Å². The third-order valence-electron chi connectivity index (χ3n) is 1.56. The zero-order valence-electron chi connectivity index (χ0n) is 6.46. The van der Waals surface area contributed by atoms with Crippen molar-refractivity contribution in [3.63, 3.8) is 0 Å². The molecule has 0 aliphatic heterocycles. The Hall–Kier alpha value is -1.31. The largest absolute Gasteiger partial charge is 0.508 e. The van der Waals surface area contributed by atoms with Gasteiger partial charge in [-0.25, -0.2) is 0 Å². The van der Waals surface area contributed by atoms with E-state index in [0.29, 0.717) is 6.42 Å². The quantitative estimate of drug-likeness (QED) is 0.619. The van der Waals surface area contributed by atoms with Gasteiger partial charge in [0, 0.05) is 6.42 Å². The van der Waals surface area contributed by atoms with Crippen molar-refractivity contribution in [2.75, 3.05) is 0 Å². The summed E-state index contributed by atoms with van der Waals surface area (Å²) in [7, 11) is 0. The Morgan fingerprint density at radius 2 is 2.27 bits per heavy atom. The average molecular weight is 149 g/mol. The zero-order valence-corrected chi connectivity index (χ0v) is 6.46. The van der Waals surface area contributed by atoms with Gasteiger partial charge in [-0.2, -0.15) is 0 Å². The predicted octanol–water partition coefficient (Wildman–Crippen LogP) is 1.89. The minimum Gasteiger partial charge on any atom is -0.508 e. The highest BCUT2D eigenvalue weighted by Gasteiger charge is 1.97. The van der Waals surface area contributed by atoms with Crippen molar-refractivity contribution in [2.45, 2.75) is 13.3 Å². The van der Waals surface area contributed by atoms with Crippen molar-refractivity contribution in [1.29, 1.82) is 5.41 Å². The Morgan fingerprint density at radius 1 is 1.55 bits per heavy atom. The minimum atomic E-state index is 0.277. The fourth-order valence-electron chi connectivity index (χ4n) is 0.988. The second kappa shape index (κ2) is 3.19. The van der Waals surface area contributed by atoms with Crippen molar-refractivity contribution < 1.29 is 5.11 Å². The normalized spacial score (nSPS) is 9.55. The molecule has 0 aromatic heterocycles. The molecule has 11 heavy (non-hydrogen) atoms. The summed E-state index contributed by atoms with van der Waals surface area (Å²) in [5.41, 5.74) is 1.93. The highest BCUT2D eigenvalue weighted by atomic mass is 16.3. The van der Waals surface area contributed by atoms with Gasteiger partial charge in [0.05, 0.1) is 0 Å². The van der Waals surface area contributed by atoms with Crippen molar-refractivity contribution in [3.8, 4) is 5.75 Å². The summed E-state index contributed by atoms with van der Waals surface area (Å²) in [5.74, 6) is 0.277. The van der Waals surface area contributed by atoms with Crippen LogP contribution in [0, 0.1) is 12.3 Å². The highest BCUT2D eigenvalue weighted by Crippen LogP contribution is 2.17. The molecule has 0 heterocycles. The average Bonchev–Trinajstić information content (AvgIpc) is 1.98. The number of rotatable bonds is 2. The summed E-state index contributed by atoms with van der Waals surface area (Å²) >= 11 is 0. The van der Waals surface area contributed by atoms with Crippen LogP contribution in [0.5, 0.6) is 5.75 Å². The first-order valence-electron chi connectivity index (χ1n) is 3.51. The summed E-state index contributed by atoms with van der Waals surface area (Å²) in [6.45, 7) is 1.97. The number of phenolic OH excluding ortho intramolecular Hbond substituents is 1. The maximum absolute atomic E-state index is 9.26. The molecule has 1 aromatic carbocycles. The number of hydrogen-bond acceptors (Lipinski definition) is 2. The van der Waals surface area contributed by atoms with Crippen LogP contribution in [0.3, 0.4) is 0 Å². The maximum atomic E-state index is 9.26. The molecule has 0 saturated carbocycles. The lowest BCUT2D eigenvalue weighted by molar-refractivity contribution is 0.470. The van der Waals surface area contributed by atoms with Gasteiger partial charge in [-0.1, -0.05) is 17.7 Å². The number of nitrogens with one attached hydrogen (secondary N) is 1. The SMILES string of the molecule is Cc1ccc(O)c(CC=N)c1.